The Bertz CT molecular complexity index is 1100. The molecule has 3 fully saturated rings. The number of amides is 2. The minimum atomic E-state index is -3.96. The average molecular weight is 558 g/mol. The number of rotatable bonds is 11. The van der Waals surface area contributed by atoms with Crippen LogP contribution in [0.15, 0.2) is 0 Å². The van der Waals surface area contributed by atoms with E-state index < -0.39 is 27.8 Å². The molecule has 212 valence electrons. The van der Waals surface area contributed by atoms with Crippen LogP contribution in [0.2, 0.25) is 0 Å². The molecule has 15 heteroatoms. The first-order valence-corrected chi connectivity index (χ1v) is 14.7. The first-order valence-electron chi connectivity index (χ1n) is 12.9. The quantitative estimate of drug-likeness (QED) is 0.289. The van der Waals surface area contributed by atoms with Crippen molar-refractivity contribution in [1.29, 1.82) is 0 Å². The maximum absolute atomic E-state index is 15.5. The second-order valence-corrected chi connectivity index (χ2v) is 11.7. The predicted molar refractivity (Wildman–Crippen MR) is 136 cm³/mol. The lowest BCUT2D eigenvalue weighted by Crippen LogP contribution is -2.58. The van der Waals surface area contributed by atoms with Gasteiger partial charge in [0, 0.05) is 26.2 Å². The van der Waals surface area contributed by atoms with Crippen molar-refractivity contribution >= 4 is 34.1 Å². The summed E-state index contributed by atoms with van der Waals surface area (Å²) in [4.78, 5) is 37.2. The summed E-state index contributed by atoms with van der Waals surface area (Å²) in [7, 11) is -3.96. The lowest BCUT2D eigenvalue weighted by Gasteiger charge is -2.44. The summed E-state index contributed by atoms with van der Waals surface area (Å²) >= 11 is 0. The highest BCUT2D eigenvalue weighted by Gasteiger charge is 2.33. The van der Waals surface area contributed by atoms with Crippen molar-refractivity contribution in [1.82, 2.24) is 25.4 Å². The summed E-state index contributed by atoms with van der Waals surface area (Å²) in [5.74, 6) is -1.46. The van der Waals surface area contributed by atoms with Gasteiger partial charge in [-0.1, -0.05) is 25.7 Å². The van der Waals surface area contributed by atoms with Crippen LogP contribution >= 0.6 is 0 Å². The van der Waals surface area contributed by atoms with Gasteiger partial charge < -0.3 is 9.64 Å². The first-order chi connectivity index (χ1) is 18.1. The zero-order valence-electron chi connectivity index (χ0n) is 21.8. The van der Waals surface area contributed by atoms with E-state index in [0.717, 1.165) is 45.0 Å². The van der Waals surface area contributed by atoms with Gasteiger partial charge in [-0.2, -0.15) is 12.8 Å². The first kappa shape index (κ1) is 28.4. The number of aryl methyl sites for hydroxylation is 1. The Morgan fingerprint density at radius 2 is 2.05 bits per heavy atom. The van der Waals surface area contributed by atoms with Crippen molar-refractivity contribution < 1.29 is 31.4 Å². The largest absolute Gasteiger partial charge is 0.378 e. The van der Waals surface area contributed by atoms with Crippen molar-refractivity contribution in [3.8, 4) is 0 Å². The van der Waals surface area contributed by atoms with Crippen molar-refractivity contribution in [2.45, 2.75) is 45.1 Å². The van der Waals surface area contributed by atoms with E-state index in [1.807, 2.05) is 4.90 Å². The fourth-order valence-electron chi connectivity index (χ4n) is 5.39. The molecule has 1 unspecified atom stereocenters. The molecule has 1 aromatic rings. The Morgan fingerprint density at radius 3 is 2.76 bits per heavy atom. The number of aromatic nitrogens is 2. The van der Waals surface area contributed by atoms with Crippen molar-refractivity contribution in [2.75, 3.05) is 62.5 Å². The number of hydrogen-bond donors (Lipinski definition) is 2. The molecular weight excluding hydrogens is 521 g/mol. The predicted octanol–water partition coefficient (Wildman–Crippen LogP) is 0.434. The summed E-state index contributed by atoms with van der Waals surface area (Å²) in [6.07, 6.45) is 5.43. The summed E-state index contributed by atoms with van der Waals surface area (Å²) in [6, 6.07) is 0.148. The number of anilines is 2. The molecule has 2 atom stereocenters. The second kappa shape index (κ2) is 12.5. The Labute approximate surface area is 222 Å². The molecule has 2 saturated heterocycles. The molecular formula is C23H36FN7O6S. The molecule has 38 heavy (non-hydrogen) atoms. The van der Waals surface area contributed by atoms with Crippen molar-refractivity contribution in [3.05, 3.63) is 11.6 Å². The van der Waals surface area contributed by atoms with Crippen LogP contribution in [0, 0.1) is 24.6 Å². The van der Waals surface area contributed by atoms with Crippen LogP contribution in [0.3, 0.4) is 0 Å². The lowest BCUT2D eigenvalue weighted by molar-refractivity contribution is -0.146. The second-order valence-electron chi connectivity index (χ2n) is 10.1. The topological polar surface area (TPSA) is 146 Å². The van der Waals surface area contributed by atoms with Gasteiger partial charge in [0.2, 0.25) is 18.1 Å². The zero-order valence-corrected chi connectivity index (χ0v) is 22.6. The Kier molecular flexibility index (Phi) is 9.33. The third kappa shape index (κ3) is 7.48. The van der Waals surface area contributed by atoms with E-state index in [4.69, 9.17) is 4.74 Å². The molecule has 0 aromatic carbocycles. The molecule has 0 spiro atoms. The number of hydrazine groups is 1. The maximum atomic E-state index is 15.5. The molecule has 3 aliphatic rings. The van der Waals surface area contributed by atoms with E-state index in [0.29, 0.717) is 43.6 Å². The molecule has 1 saturated carbocycles. The third-order valence-electron chi connectivity index (χ3n) is 7.20. The van der Waals surface area contributed by atoms with E-state index in [1.54, 1.807) is 6.92 Å². The van der Waals surface area contributed by atoms with Crippen LogP contribution in [0.5, 0.6) is 0 Å². The van der Waals surface area contributed by atoms with Crippen molar-refractivity contribution in [3.63, 3.8) is 0 Å². The number of nitrogens with one attached hydrogen (secondary N) is 2. The normalized spacial score (nSPS) is 21.6. The molecule has 1 aliphatic carbocycles. The van der Waals surface area contributed by atoms with Crippen LogP contribution in [0.4, 0.5) is 16.0 Å². The molecule has 0 radical (unpaired) electrons. The Balaban J connectivity index is 1.45. The number of carbonyl (C=O) groups excluding carboxylic acids is 2. The number of nitrogens with zero attached hydrogens (tertiary/aromatic N) is 5. The molecule has 13 nitrogen and oxygen atoms in total. The highest BCUT2D eigenvalue weighted by atomic mass is 32.2. The molecule has 4 rings (SSSR count). The summed E-state index contributed by atoms with van der Waals surface area (Å²) < 4.78 is 48.8. The van der Waals surface area contributed by atoms with E-state index in [-0.39, 0.29) is 36.6 Å². The maximum Gasteiger partial charge on any atom is 0.285 e. The monoisotopic (exact) mass is 557 g/mol. The Morgan fingerprint density at radius 1 is 1.29 bits per heavy atom. The molecule has 2 amide bonds. The van der Waals surface area contributed by atoms with Gasteiger partial charge in [0.25, 0.3) is 10.1 Å². The SMILES string of the molecule is Cc1nc(NNC(=O)C(CC2CCCC2)CN(C=O)OS(C)(=O)=O)c(F)c(N2CCN3CCOC[C@@H]3C2)n1. The Hall–Kier alpha value is -2.62. The van der Waals surface area contributed by atoms with E-state index in [9.17, 15) is 18.0 Å². The number of fused-ring (bicyclic) bond motifs is 1. The number of ether oxygens (including phenoxy) is 1. The third-order valence-corrected chi connectivity index (χ3v) is 7.66. The molecule has 0 bridgehead atoms. The van der Waals surface area contributed by atoms with Gasteiger partial charge >= 0.3 is 0 Å². The molecule has 3 heterocycles. The minimum Gasteiger partial charge on any atom is -0.378 e. The number of halogens is 1. The van der Waals surface area contributed by atoms with Crippen LogP contribution in [-0.4, -0.2) is 98.9 Å². The van der Waals surface area contributed by atoms with Gasteiger partial charge in [0.05, 0.1) is 38.0 Å². The molecule has 2 aliphatic heterocycles. The van der Waals surface area contributed by atoms with Gasteiger partial charge in [-0.05, 0) is 19.3 Å². The van der Waals surface area contributed by atoms with Gasteiger partial charge in [-0.15, -0.1) is 4.28 Å². The van der Waals surface area contributed by atoms with E-state index >= 15 is 4.39 Å². The highest BCUT2D eigenvalue weighted by molar-refractivity contribution is 7.85. The standard InChI is InChI=1S/C23H36FN7O6S/c1-16-25-21(20(24)22(26-16)30-8-7-29-9-10-36-14-19(29)13-30)27-28-23(33)18(11-17-5-3-4-6-17)12-31(15-32)37-38(2,34)35/h15,17-19H,3-14H2,1-2H3,(H,28,33)(H,25,26,27)/t18?,19-/m0/s1. The molecule has 1 aromatic heterocycles. The van der Waals surface area contributed by atoms with Crippen LogP contribution in [0.1, 0.15) is 37.9 Å². The molecule has 2 N–H and O–H groups in total. The fourth-order valence-corrected chi connectivity index (χ4v) is 5.84. The average Bonchev–Trinajstić information content (AvgIpc) is 3.40. The van der Waals surface area contributed by atoms with Crippen molar-refractivity contribution in [2.24, 2.45) is 11.8 Å². The number of hydrogen-bond acceptors (Lipinski definition) is 11. The van der Waals surface area contributed by atoms with Gasteiger partial charge in [-0.3, -0.25) is 25.3 Å². The number of hydroxylamine groups is 2. The van der Waals surface area contributed by atoms with Gasteiger partial charge in [-0.25, -0.2) is 15.0 Å². The lowest BCUT2D eigenvalue weighted by atomic mass is 9.92. The number of carbonyl (C=O) groups is 2. The number of morpholine rings is 1. The zero-order chi connectivity index (χ0) is 27.3. The van der Waals surface area contributed by atoms with Crippen LogP contribution < -0.4 is 15.8 Å². The minimum absolute atomic E-state index is 0.148. The smallest absolute Gasteiger partial charge is 0.285 e. The van der Waals surface area contributed by atoms with E-state index in [2.05, 4.69) is 30.0 Å². The highest BCUT2D eigenvalue weighted by Crippen LogP contribution is 2.31. The summed E-state index contributed by atoms with van der Waals surface area (Å²) in [6.45, 7) is 5.41. The van der Waals surface area contributed by atoms with Crippen LogP contribution in [-0.2, 0) is 28.7 Å². The summed E-state index contributed by atoms with van der Waals surface area (Å²) in [5.41, 5.74) is 5.08. The van der Waals surface area contributed by atoms with Crippen LogP contribution in [0.25, 0.3) is 0 Å². The van der Waals surface area contributed by atoms with Gasteiger partial charge in [0.15, 0.2) is 11.6 Å². The van der Waals surface area contributed by atoms with E-state index in [1.165, 1.54) is 0 Å². The summed E-state index contributed by atoms with van der Waals surface area (Å²) in [5, 5.41) is 0.594. The fraction of sp³-hybridized carbons (Fsp3) is 0.739. The number of piperazine rings is 1. The van der Waals surface area contributed by atoms with Gasteiger partial charge in [0.1, 0.15) is 5.82 Å².